The Balaban J connectivity index is 1.59. The number of anilines is 1. The number of halogens is 2. The lowest BCUT2D eigenvalue weighted by Crippen LogP contribution is -2.37. The van der Waals surface area contributed by atoms with Gasteiger partial charge in [0, 0.05) is 16.1 Å². The summed E-state index contributed by atoms with van der Waals surface area (Å²) in [6.07, 6.45) is 1.21. The average Bonchev–Trinajstić information content (AvgIpc) is 3.21. The fourth-order valence-electron chi connectivity index (χ4n) is 4.47. The van der Waals surface area contributed by atoms with E-state index in [1.807, 2.05) is 0 Å². The van der Waals surface area contributed by atoms with E-state index in [1.165, 1.54) is 4.90 Å². The van der Waals surface area contributed by atoms with Gasteiger partial charge in [0.2, 0.25) is 11.8 Å². The Hall–Kier alpha value is -1.21. The predicted molar refractivity (Wildman–Crippen MR) is 98.9 cm³/mol. The van der Waals surface area contributed by atoms with Crippen molar-refractivity contribution in [1.82, 2.24) is 0 Å². The van der Waals surface area contributed by atoms with Gasteiger partial charge in [-0.15, -0.1) is 0 Å². The highest BCUT2D eigenvalue weighted by molar-refractivity contribution is 9.12. The molecule has 0 spiro atoms. The standard InChI is InChI=1S/C18H17Br2NO4/c1-2-12(22)25-9-5-3-8(4-6-9)21-17(23)13-10-7-11(14(13)18(21)24)16(20)15(10)19/h3-6,10-11,13-16H,2,7H2,1H3. The maximum atomic E-state index is 12.9. The molecule has 2 saturated carbocycles. The minimum Gasteiger partial charge on any atom is -0.427 e. The van der Waals surface area contributed by atoms with Gasteiger partial charge in [0.15, 0.2) is 0 Å². The van der Waals surface area contributed by atoms with E-state index in [0.717, 1.165) is 6.42 Å². The number of rotatable bonds is 3. The largest absolute Gasteiger partial charge is 0.427 e. The topological polar surface area (TPSA) is 63.7 Å². The zero-order valence-electron chi connectivity index (χ0n) is 13.5. The van der Waals surface area contributed by atoms with E-state index in [4.69, 9.17) is 4.74 Å². The normalized spacial score (nSPS) is 36.0. The molecule has 2 amide bonds. The van der Waals surface area contributed by atoms with Gasteiger partial charge in [-0.3, -0.25) is 19.3 Å². The van der Waals surface area contributed by atoms with Crippen molar-refractivity contribution in [2.75, 3.05) is 4.90 Å². The van der Waals surface area contributed by atoms with Crippen LogP contribution in [0.2, 0.25) is 0 Å². The molecule has 1 aliphatic heterocycles. The Morgan fingerprint density at radius 2 is 1.60 bits per heavy atom. The fourth-order valence-corrected chi connectivity index (χ4v) is 6.34. The zero-order valence-corrected chi connectivity index (χ0v) is 16.7. The molecule has 132 valence electrons. The molecule has 0 radical (unpaired) electrons. The highest BCUT2D eigenvalue weighted by atomic mass is 79.9. The van der Waals surface area contributed by atoms with Gasteiger partial charge in [-0.05, 0) is 42.5 Å². The maximum absolute atomic E-state index is 12.9. The molecule has 1 aromatic carbocycles. The number of benzene rings is 1. The first-order chi connectivity index (χ1) is 11.9. The van der Waals surface area contributed by atoms with Crippen LogP contribution < -0.4 is 9.64 Å². The van der Waals surface area contributed by atoms with Crippen LogP contribution in [0.1, 0.15) is 19.8 Å². The number of carbonyl (C=O) groups excluding carboxylic acids is 3. The first-order valence-electron chi connectivity index (χ1n) is 8.40. The van der Waals surface area contributed by atoms with Crippen LogP contribution in [-0.2, 0) is 14.4 Å². The minimum atomic E-state index is -0.320. The van der Waals surface area contributed by atoms with Crippen molar-refractivity contribution >= 4 is 55.3 Å². The van der Waals surface area contributed by atoms with Gasteiger partial charge in [0.1, 0.15) is 5.75 Å². The van der Waals surface area contributed by atoms with Crippen LogP contribution in [0.3, 0.4) is 0 Å². The molecule has 1 heterocycles. The third-order valence-electron chi connectivity index (χ3n) is 5.60. The van der Waals surface area contributed by atoms with Crippen molar-refractivity contribution in [3.05, 3.63) is 24.3 Å². The van der Waals surface area contributed by atoms with Crippen molar-refractivity contribution in [1.29, 1.82) is 0 Å². The van der Waals surface area contributed by atoms with Crippen molar-refractivity contribution < 1.29 is 19.1 Å². The van der Waals surface area contributed by atoms with E-state index in [2.05, 4.69) is 31.9 Å². The van der Waals surface area contributed by atoms with Crippen LogP contribution in [0.25, 0.3) is 0 Å². The number of fused-ring (bicyclic) bond motifs is 5. The summed E-state index contributed by atoms with van der Waals surface area (Å²) in [4.78, 5) is 39.0. The number of nitrogens with zero attached hydrogens (tertiary/aromatic N) is 1. The highest BCUT2D eigenvalue weighted by Gasteiger charge is 2.66. The Morgan fingerprint density at radius 1 is 1.08 bits per heavy atom. The zero-order chi connectivity index (χ0) is 17.9. The molecule has 1 aromatic rings. The van der Waals surface area contributed by atoms with Crippen LogP contribution in [0.15, 0.2) is 24.3 Å². The van der Waals surface area contributed by atoms with Gasteiger partial charge in [0.25, 0.3) is 0 Å². The van der Waals surface area contributed by atoms with E-state index in [1.54, 1.807) is 31.2 Å². The lowest BCUT2D eigenvalue weighted by Gasteiger charge is -2.28. The van der Waals surface area contributed by atoms with Crippen molar-refractivity contribution in [3.8, 4) is 5.75 Å². The van der Waals surface area contributed by atoms with Crippen molar-refractivity contribution in [2.45, 2.75) is 29.4 Å². The molecular formula is C18H17Br2NO4. The lowest BCUT2D eigenvalue weighted by molar-refractivity contribution is -0.134. The van der Waals surface area contributed by atoms with E-state index in [0.29, 0.717) is 17.9 Å². The van der Waals surface area contributed by atoms with Crippen molar-refractivity contribution in [3.63, 3.8) is 0 Å². The second kappa shape index (κ2) is 6.20. The summed E-state index contributed by atoms with van der Waals surface area (Å²) in [6.45, 7) is 1.72. The molecule has 7 heteroatoms. The summed E-state index contributed by atoms with van der Waals surface area (Å²) in [5.74, 6) is -0.179. The van der Waals surface area contributed by atoms with Crippen LogP contribution in [0.5, 0.6) is 5.75 Å². The summed E-state index contributed by atoms with van der Waals surface area (Å²) in [5.41, 5.74) is 0.539. The number of amides is 2. The predicted octanol–water partition coefficient (Wildman–Crippen LogP) is 3.28. The number of esters is 1. The monoisotopic (exact) mass is 469 g/mol. The number of ether oxygens (including phenoxy) is 1. The van der Waals surface area contributed by atoms with Gasteiger partial charge >= 0.3 is 5.97 Å². The Labute approximate surface area is 162 Å². The SMILES string of the molecule is CCC(=O)Oc1ccc(N2C(=O)C3C4CC(C(Br)C4Br)C3C2=O)cc1. The molecule has 5 nitrogen and oxygen atoms in total. The minimum absolute atomic E-state index is 0.107. The number of hydrogen-bond donors (Lipinski definition) is 0. The van der Waals surface area contributed by atoms with E-state index < -0.39 is 0 Å². The smallest absolute Gasteiger partial charge is 0.310 e. The molecule has 2 aliphatic carbocycles. The molecular weight excluding hydrogens is 454 g/mol. The molecule has 6 atom stereocenters. The summed E-state index contributed by atoms with van der Waals surface area (Å²) in [6, 6.07) is 6.56. The van der Waals surface area contributed by atoms with Crippen LogP contribution in [-0.4, -0.2) is 27.4 Å². The summed E-state index contributed by atoms with van der Waals surface area (Å²) in [5, 5.41) is 0. The number of alkyl halides is 2. The van der Waals surface area contributed by atoms with Crippen molar-refractivity contribution in [2.24, 2.45) is 23.7 Å². The summed E-state index contributed by atoms with van der Waals surface area (Å²) < 4.78 is 5.14. The van der Waals surface area contributed by atoms with Gasteiger partial charge < -0.3 is 4.74 Å². The Morgan fingerprint density at radius 3 is 2.08 bits per heavy atom. The van der Waals surface area contributed by atoms with E-state index in [9.17, 15) is 14.4 Å². The molecule has 1 saturated heterocycles. The van der Waals surface area contributed by atoms with Gasteiger partial charge in [-0.1, -0.05) is 38.8 Å². The van der Waals surface area contributed by atoms with E-state index >= 15 is 0 Å². The molecule has 3 fully saturated rings. The van der Waals surface area contributed by atoms with E-state index in [-0.39, 0.29) is 51.1 Å². The summed E-state index contributed by atoms with van der Waals surface area (Å²) in [7, 11) is 0. The molecule has 25 heavy (non-hydrogen) atoms. The fraction of sp³-hybridized carbons (Fsp3) is 0.500. The van der Waals surface area contributed by atoms with Gasteiger partial charge in [-0.2, -0.15) is 0 Å². The first-order valence-corrected chi connectivity index (χ1v) is 10.2. The average molecular weight is 471 g/mol. The maximum Gasteiger partial charge on any atom is 0.310 e. The number of carbonyl (C=O) groups is 3. The quantitative estimate of drug-likeness (QED) is 0.294. The first kappa shape index (κ1) is 17.2. The second-order valence-electron chi connectivity index (χ2n) is 6.84. The molecule has 3 aliphatic rings. The van der Waals surface area contributed by atoms with Crippen LogP contribution in [0.4, 0.5) is 5.69 Å². The Kier molecular flexibility index (Phi) is 4.27. The number of hydrogen-bond acceptors (Lipinski definition) is 4. The van der Waals surface area contributed by atoms with Crippen LogP contribution in [0, 0.1) is 23.7 Å². The molecule has 0 N–H and O–H groups in total. The van der Waals surface area contributed by atoms with Gasteiger partial charge in [0.05, 0.1) is 17.5 Å². The lowest BCUT2D eigenvalue weighted by atomic mass is 9.81. The summed E-state index contributed by atoms with van der Waals surface area (Å²) >= 11 is 7.37. The molecule has 2 bridgehead atoms. The second-order valence-corrected chi connectivity index (χ2v) is 8.95. The molecule has 6 unspecified atom stereocenters. The van der Waals surface area contributed by atoms with Gasteiger partial charge in [-0.25, -0.2) is 0 Å². The third kappa shape index (κ3) is 2.50. The molecule has 4 rings (SSSR count). The number of imide groups is 1. The Bertz CT molecular complexity index is 718. The third-order valence-corrected chi connectivity index (χ3v) is 8.81. The molecule has 0 aromatic heterocycles. The highest BCUT2D eigenvalue weighted by Crippen LogP contribution is 2.60. The van der Waals surface area contributed by atoms with Crippen LogP contribution >= 0.6 is 31.9 Å².